The first-order valence-corrected chi connectivity index (χ1v) is 7.28. The van der Waals surface area contributed by atoms with Crippen LogP contribution in [-0.4, -0.2) is 18.6 Å². The Morgan fingerprint density at radius 3 is 2.35 bits per heavy atom. The van der Waals surface area contributed by atoms with Gasteiger partial charge in [0.2, 0.25) is 10.0 Å². The van der Waals surface area contributed by atoms with Crippen molar-refractivity contribution >= 4 is 26.6 Å². The highest BCUT2D eigenvalue weighted by atomic mass is 32.2. The zero-order chi connectivity index (χ0) is 14.6. The van der Waals surface area contributed by atoms with Crippen molar-refractivity contribution in [1.29, 1.82) is 0 Å². The van der Waals surface area contributed by atoms with Gasteiger partial charge < -0.3 is 5.73 Å². The second kappa shape index (κ2) is 5.72. The number of rotatable bonds is 1. The maximum absolute atomic E-state index is 10.6. The van der Waals surface area contributed by atoms with Crippen molar-refractivity contribution in [2.45, 2.75) is 4.90 Å². The summed E-state index contributed by atoms with van der Waals surface area (Å²) in [7, 11) is -3.50. The summed E-state index contributed by atoms with van der Waals surface area (Å²) < 4.78 is 21.2. The topological polar surface area (TPSA) is 115 Å². The van der Waals surface area contributed by atoms with E-state index in [1.807, 2.05) is 18.2 Å². The van der Waals surface area contributed by atoms with E-state index in [2.05, 4.69) is 10.2 Å². The van der Waals surface area contributed by atoms with E-state index < -0.39 is 10.0 Å². The second-order valence-electron chi connectivity index (χ2n) is 4.07. The lowest BCUT2D eigenvalue weighted by atomic mass is 10.2. The number of nitrogens with zero attached hydrogens (tertiary/aromatic N) is 1. The predicted molar refractivity (Wildman–Crippen MR) is 78.3 cm³/mol. The van der Waals surface area contributed by atoms with Crippen LogP contribution in [0, 0.1) is 0 Å². The fourth-order valence-electron chi connectivity index (χ4n) is 1.56. The number of fused-ring (bicyclic) bond motifs is 1. The molecule has 2 aromatic carbocycles. The molecule has 1 heterocycles. The Morgan fingerprint density at radius 2 is 1.75 bits per heavy atom. The third-order valence-corrected chi connectivity index (χ3v) is 3.47. The van der Waals surface area contributed by atoms with Crippen LogP contribution in [0.4, 0.5) is 5.69 Å². The minimum Gasteiger partial charge on any atom is -0.399 e. The van der Waals surface area contributed by atoms with E-state index >= 15 is 0 Å². The molecule has 0 bridgehead atoms. The van der Waals surface area contributed by atoms with Crippen LogP contribution < -0.4 is 10.9 Å². The third-order valence-electron chi connectivity index (χ3n) is 2.54. The van der Waals surface area contributed by atoms with Crippen LogP contribution in [0.1, 0.15) is 0 Å². The smallest absolute Gasteiger partial charge is 0.238 e. The molecule has 104 valence electrons. The Kier molecular flexibility index (Phi) is 4.02. The van der Waals surface area contributed by atoms with Gasteiger partial charge in [-0.15, -0.1) is 0 Å². The highest BCUT2D eigenvalue weighted by Gasteiger charge is 2.03. The normalized spacial score (nSPS) is 10.8. The minimum absolute atomic E-state index is 0.148. The van der Waals surface area contributed by atoms with E-state index in [1.54, 1.807) is 24.4 Å². The molecular formula is C13H14N4O2S. The van der Waals surface area contributed by atoms with Crippen molar-refractivity contribution in [3.05, 3.63) is 54.7 Å². The number of anilines is 1. The van der Waals surface area contributed by atoms with Gasteiger partial charge in [0.1, 0.15) is 0 Å². The van der Waals surface area contributed by atoms with Crippen LogP contribution in [0.3, 0.4) is 0 Å². The third kappa shape index (κ3) is 3.56. The van der Waals surface area contributed by atoms with Crippen molar-refractivity contribution in [1.82, 2.24) is 10.2 Å². The number of benzene rings is 2. The van der Waals surface area contributed by atoms with Crippen LogP contribution in [0.25, 0.3) is 10.9 Å². The summed E-state index contributed by atoms with van der Waals surface area (Å²) in [6.45, 7) is 0. The summed E-state index contributed by atoms with van der Waals surface area (Å²) in [5, 5.41) is 12.6. The van der Waals surface area contributed by atoms with Crippen molar-refractivity contribution in [2.75, 3.05) is 5.73 Å². The molecule has 6 nitrogen and oxygen atoms in total. The summed E-state index contributed by atoms with van der Waals surface area (Å²) in [4.78, 5) is 0.148. The van der Waals surface area contributed by atoms with E-state index in [0.717, 1.165) is 16.6 Å². The Labute approximate surface area is 116 Å². The summed E-state index contributed by atoms with van der Waals surface area (Å²) >= 11 is 0. The number of sulfonamides is 1. The largest absolute Gasteiger partial charge is 0.399 e. The van der Waals surface area contributed by atoms with Gasteiger partial charge in [0.25, 0.3) is 0 Å². The van der Waals surface area contributed by atoms with Crippen LogP contribution in [0.5, 0.6) is 0 Å². The molecule has 1 aromatic heterocycles. The molecule has 0 spiro atoms. The molecule has 20 heavy (non-hydrogen) atoms. The van der Waals surface area contributed by atoms with Crippen LogP contribution in [0.15, 0.2) is 59.6 Å². The van der Waals surface area contributed by atoms with Gasteiger partial charge in [0, 0.05) is 11.1 Å². The molecule has 0 amide bonds. The average molecular weight is 290 g/mol. The van der Waals surface area contributed by atoms with E-state index in [0.29, 0.717) is 0 Å². The summed E-state index contributed by atoms with van der Waals surface area (Å²) in [5.41, 5.74) is 7.28. The first-order valence-electron chi connectivity index (χ1n) is 5.73. The number of hydrogen-bond acceptors (Lipinski definition) is 4. The summed E-state index contributed by atoms with van der Waals surface area (Å²) in [6, 6.07) is 13.5. The first-order chi connectivity index (χ1) is 9.47. The first kappa shape index (κ1) is 14.0. The Morgan fingerprint density at radius 1 is 1.05 bits per heavy atom. The van der Waals surface area contributed by atoms with Crippen molar-refractivity contribution in [3.8, 4) is 0 Å². The number of nitrogens with two attached hydrogens (primary N) is 2. The maximum Gasteiger partial charge on any atom is 0.238 e. The molecule has 3 rings (SSSR count). The molecule has 7 heteroatoms. The van der Waals surface area contributed by atoms with Crippen molar-refractivity contribution in [2.24, 2.45) is 5.14 Å². The van der Waals surface area contributed by atoms with Gasteiger partial charge in [-0.3, -0.25) is 5.10 Å². The van der Waals surface area contributed by atoms with Gasteiger partial charge in [-0.2, -0.15) is 5.10 Å². The van der Waals surface area contributed by atoms with Crippen LogP contribution >= 0.6 is 0 Å². The zero-order valence-electron chi connectivity index (χ0n) is 10.5. The van der Waals surface area contributed by atoms with Crippen molar-refractivity contribution in [3.63, 3.8) is 0 Å². The van der Waals surface area contributed by atoms with E-state index in [4.69, 9.17) is 10.9 Å². The lowest BCUT2D eigenvalue weighted by Gasteiger charge is -1.93. The minimum atomic E-state index is -3.50. The number of nitrogen functional groups attached to an aromatic ring is 1. The molecule has 0 atom stereocenters. The summed E-state index contributed by atoms with van der Waals surface area (Å²) in [5.74, 6) is 0. The highest BCUT2D eigenvalue weighted by Crippen LogP contribution is 2.13. The predicted octanol–water partition coefficient (Wildman–Crippen LogP) is 1.48. The maximum atomic E-state index is 10.6. The standard InChI is InChI=1S/C7H7N3.C6H7NO2S/c8-6-2-1-5-4-9-10-7(5)3-6;7-10(8,9)6-4-2-1-3-5-6/h1-4H,8H2,(H,9,10);1-5H,(H2,7,8,9). The quantitative estimate of drug-likeness (QED) is 0.589. The van der Waals surface area contributed by atoms with Gasteiger partial charge in [-0.05, 0) is 30.3 Å². The van der Waals surface area contributed by atoms with E-state index in [9.17, 15) is 8.42 Å². The molecule has 3 aromatic rings. The molecule has 0 fully saturated rings. The Bertz CT molecular complexity index is 797. The molecule has 0 radical (unpaired) electrons. The van der Waals surface area contributed by atoms with Crippen LogP contribution in [0.2, 0.25) is 0 Å². The molecule has 0 saturated carbocycles. The van der Waals surface area contributed by atoms with Gasteiger partial charge in [0.15, 0.2) is 0 Å². The molecule has 0 aliphatic carbocycles. The number of aromatic amines is 1. The Balaban J connectivity index is 0.000000147. The van der Waals surface area contributed by atoms with Gasteiger partial charge in [-0.25, -0.2) is 13.6 Å². The number of hydrogen-bond donors (Lipinski definition) is 3. The van der Waals surface area contributed by atoms with Gasteiger partial charge in [-0.1, -0.05) is 18.2 Å². The van der Waals surface area contributed by atoms with Gasteiger partial charge >= 0.3 is 0 Å². The van der Waals surface area contributed by atoms with E-state index in [-0.39, 0.29) is 4.90 Å². The average Bonchev–Trinajstić information content (AvgIpc) is 2.87. The lowest BCUT2D eigenvalue weighted by Crippen LogP contribution is -2.11. The van der Waals surface area contributed by atoms with Crippen molar-refractivity contribution < 1.29 is 8.42 Å². The number of nitrogens with one attached hydrogen (secondary N) is 1. The summed E-state index contributed by atoms with van der Waals surface area (Å²) in [6.07, 6.45) is 1.77. The highest BCUT2D eigenvalue weighted by molar-refractivity contribution is 7.89. The SMILES string of the molecule is NS(=O)(=O)c1ccccc1.Nc1ccc2cn[nH]c2c1. The molecular weight excluding hydrogens is 276 g/mol. The number of H-pyrrole nitrogens is 1. The lowest BCUT2D eigenvalue weighted by molar-refractivity contribution is 0.598. The number of primary sulfonamides is 1. The molecule has 5 N–H and O–H groups in total. The van der Waals surface area contributed by atoms with E-state index in [1.165, 1.54) is 12.1 Å². The molecule has 0 unspecified atom stereocenters. The zero-order valence-corrected chi connectivity index (χ0v) is 11.3. The molecule has 0 aliphatic rings. The molecule has 0 saturated heterocycles. The van der Waals surface area contributed by atoms with Gasteiger partial charge in [0.05, 0.1) is 16.6 Å². The number of aromatic nitrogens is 2. The molecule has 0 aliphatic heterocycles. The fourth-order valence-corrected chi connectivity index (χ4v) is 2.10. The second-order valence-corrected chi connectivity index (χ2v) is 5.64. The van der Waals surface area contributed by atoms with Crippen LogP contribution in [-0.2, 0) is 10.0 Å². The fraction of sp³-hybridized carbons (Fsp3) is 0. The Hall–Kier alpha value is -2.38. The monoisotopic (exact) mass is 290 g/mol.